The van der Waals surface area contributed by atoms with Crippen molar-refractivity contribution in [1.29, 1.82) is 0 Å². The van der Waals surface area contributed by atoms with Gasteiger partial charge in [-0.25, -0.2) is 4.39 Å². The van der Waals surface area contributed by atoms with Gasteiger partial charge in [0.25, 0.3) is 5.91 Å². The molecule has 88 valence electrons. The Morgan fingerprint density at radius 3 is 2.88 bits per heavy atom. The quantitative estimate of drug-likeness (QED) is 0.458. The summed E-state index contributed by atoms with van der Waals surface area (Å²) in [6, 6.07) is 4.70. The van der Waals surface area contributed by atoms with Crippen LogP contribution in [0.25, 0.3) is 0 Å². The van der Waals surface area contributed by atoms with Crippen molar-refractivity contribution < 1.29 is 9.18 Å². The minimum Gasteiger partial charge on any atom is -0.352 e. The summed E-state index contributed by atoms with van der Waals surface area (Å²) >= 11 is 5.34. The van der Waals surface area contributed by atoms with Crippen LogP contribution in [0.5, 0.6) is 0 Å². The van der Waals surface area contributed by atoms with Gasteiger partial charge in [0.1, 0.15) is 5.82 Å². The van der Waals surface area contributed by atoms with E-state index in [1.54, 1.807) is 12.1 Å². The van der Waals surface area contributed by atoms with E-state index in [4.69, 9.17) is 0 Å². The van der Waals surface area contributed by atoms with Crippen molar-refractivity contribution in [3.8, 4) is 0 Å². The van der Waals surface area contributed by atoms with Gasteiger partial charge < -0.3 is 5.32 Å². The number of carbonyl (C=O) groups excluding carboxylic acids is 1. The lowest BCUT2D eigenvalue weighted by Gasteiger charge is -2.06. The molecule has 1 aromatic rings. The van der Waals surface area contributed by atoms with Gasteiger partial charge in [-0.2, -0.15) is 0 Å². The molecule has 0 atom stereocenters. The fourth-order valence-electron chi connectivity index (χ4n) is 1.20. The predicted octanol–water partition coefficient (Wildman–Crippen LogP) is 3.53. The Balaban J connectivity index is 2.56. The average Bonchev–Trinajstić information content (AvgIpc) is 2.28. The maximum Gasteiger partial charge on any atom is 0.254 e. The number of unbranched alkanes of at least 4 members (excludes halogenated alkanes) is 1. The van der Waals surface area contributed by atoms with Crippen LogP contribution in [0.1, 0.15) is 23.2 Å². The first-order chi connectivity index (χ1) is 7.66. The van der Waals surface area contributed by atoms with E-state index in [9.17, 15) is 9.18 Å². The third-order valence-electron chi connectivity index (χ3n) is 2.04. The van der Waals surface area contributed by atoms with Gasteiger partial charge in [0, 0.05) is 6.54 Å². The molecule has 0 bridgehead atoms. The Morgan fingerprint density at radius 2 is 2.19 bits per heavy atom. The van der Waals surface area contributed by atoms with Crippen LogP contribution in [0.3, 0.4) is 0 Å². The van der Waals surface area contributed by atoms with E-state index in [2.05, 4.69) is 43.8 Å². The molecule has 1 N–H and O–H groups in total. The number of amides is 1. The maximum atomic E-state index is 13.5. The predicted molar refractivity (Wildman–Crippen MR) is 74.6 cm³/mol. The van der Waals surface area contributed by atoms with E-state index >= 15 is 0 Å². The van der Waals surface area contributed by atoms with Crippen molar-refractivity contribution in [3.05, 3.63) is 34.1 Å². The smallest absolute Gasteiger partial charge is 0.254 e. The Morgan fingerprint density at radius 1 is 1.44 bits per heavy atom. The van der Waals surface area contributed by atoms with Crippen molar-refractivity contribution in [3.63, 3.8) is 0 Å². The van der Waals surface area contributed by atoms with Crippen molar-refractivity contribution in [2.24, 2.45) is 0 Å². The first kappa shape index (κ1) is 13.9. The molecule has 0 unspecified atom stereocenters. The largest absolute Gasteiger partial charge is 0.352 e. The van der Waals surface area contributed by atoms with Crippen molar-refractivity contribution in [2.45, 2.75) is 12.8 Å². The molecule has 5 heteroatoms. The molecular formula is C11H12BrFINO. The second-order valence-corrected chi connectivity index (χ2v) is 5.19. The summed E-state index contributed by atoms with van der Waals surface area (Å²) in [5, 5.41) is 2.70. The van der Waals surface area contributed by atoms with Gasteiger partial charge in [-0.1, -0.05) is 28.7 Å². The van der Waals surface area contributed by atoms with Gasteiger partial charge in [-0.15, -0.1) is 0 Å². The van der Waals surface area contributed by atoms with Crippen LogP contribution in [0, 0.1) is 5.82 Å². The molecule has 0 radical (unpaired) electrons. The highest BCUT2D eigenvalue weighted by atomic mass is 127. The van der Waals surface area contributed by atoms with Gasteiger partial charge in [0.05, 0.1) is 10.0 Å². The minimum absolute atomic E-state index is 0.0869. The highest BCUT2D eigenvalue weighted by Gasteiger charge is 2.12. The highest BCUT2D eigenvalue weighted by Crippen LogP contribution is 2.18. The number of hydrogen-bond donors (Lipinski definition) is 1. The molecule has 0 aliphatic rings. The molecule has 0 aliphatic heterocycles. The second kappa shape index (κ2) is 7.21. The molecule has 2 nitrogen and oxygen atoms in total. The van der Waals surface area contributed by atoms with Crippen molar-refractivity contribution >= 4 is 44.4 Å². The minimum atomic E-state index is -0.506. The topological polar surface area (TPSA) is 29.1 Å². The molecule has 0 aromatic heterocycles. The first-order valence-corrected chi connectivity index (χ1v) is 7.27. The number of carbonyl (C=O) groups is 1. The van der Waals surface area contributed by atoms with Crippen LogP contribution in [-0.4, -0.2) is 16.9 Å². The van der Waals surface area contributed by atoms with Crippen molar-refractivity contribution in [1.82, 2.24) is 5.32 Å². The highest BCUT2D eigenvalue weighted by molar-refractivity contribution is 14.1. The molecule has 0 saturated carbocycles. The summed E-state index contributed by atoms with van der Waals surface area (Å²) in [6.45, 7) is 0.591. The van der Waals surface area contributed by atoms with Crippen molar-refractivity contribution in [2.75, 3.05) is 11.0 Å². The maximum absolute atomic E-state index is 13.5. The second-order valence-electron chi connectivity index (χ2n) is 3.25. The van der Waals surface area contributed by atoms with Crippen LogP contribution >= 0.6 is 38.5 Å². The van der Waals surface area contributed by atoms with E-state index in [1.165, 1.54) is 6.07 Å². The summed E-state index contributed by atoms with van der Waals surface area (Å²) < 4.78 is 14.9. The molecule has 0 saturated heterocycles. The van der Waals surface area contributed by atoms with E-state index in [1.807, 2.05) is 0 Å². The summed E-state index contributed by atoms with van der Waals surface area (Å²) in [7, 11) is 0. The lowest BCUT2D eigenvalue weighted by molar-refractivity contribution is 0.0949. The molecule has 0 aliphatic carbocycles. The monoisotopic (exact) mass is 399 g/mol. The zero-order valence-electron chi connectivity index (χ0n) is 8.60. The van der Waals surface area contributed by atoms with E-state index in [-0.39, 0.29) is 11.5 Å². The fraction of sp³-hybridized carbons (Fsp3) is 0.364. The summed E-state index contributed by atoms with van der Waals surface area (Å²) in [6.07, 6.45) is 1.98. The normalized spacial score (nSPS) is 10.2. The van der Waals surface area contributed by atoms with Crippen LogP contribution in [-0.2, 0) is 0 Å². The molecule has 0 spiro atoms. The molecule has 1 aromatic carbocycles. The Kier molecular flexibility index (Phi) is 6.26. The van der Waals surface area contributed by atoms with E-state index < -0.39 is 5.82 Å². The number of nitrogens with one attached hydrogen (secondary N) is 1. The number of halogens is 3. The summed E-state index contributed by atoms with van der Waals surface area (Å²) in [5.41, 5.74) is 0.0869. The standard InChI is InChI=1S/C11H12BrFINO/c12-9-5-3-4-8(10(9)13)11(16)15-7-2-1-6-14/h3-5H,1-2,6-7H2,(H,15,16). The fourth-order valence-corrected chi connectivity index (χ4v) is 2.10. The number of hydrogen-bond acceptors (Lipinski definition) is 1. The van der Waals surface area contributed by atoms with Gasteiger partial charge in [-0.05, 0) is 45.3 Å². The van der Waals surface area contributed by atoms with Gasteiger partial charge in [0.2, 0.25) is 0 Å². The molecular weight excluding hydrogens is 388 g/mol. The van der Waals surface area contributed by atoms with Gasteiger partial charge >= 0.3 is 0 Å². The third-order valence-corrected chi connectivity index (χ3v) is 3.42. The zero-order chi connectivity index (χ0) is 12.0. The molecule has 1 rings (SSSR count). The Bertz CT molecular complexity index is 373. The van der Waals surface area contributed by atoms with Gasteiger partial charge in [-0.3, -0.25) is 4.79 Å². The third kappa shape index (κ3) is 4.01. The Hall–Kier alpha value is -0.170. The number of rotatable bonds is 5. The van der Waals surface area contributed by atoms with Crippen LogP contribution in [0.15, 0.2) is 22.7 Å². The molecule has 0 heterocycles. The zero-order valence-corrected chi connectivity index (χ0v) is 12.3. The first-order valence-electron chi connectivity index (χ1n) is 4.95. The van der Waals surface area contributed by atoms with E-state index in [0.717, 1.165) is 17.3 Å². The van der Waals surface area contributed by atoms with E-state index in [0.29, 0.717) is 11.0 Å². The average molecular weight is 400 g/mol. The lowest BCUT2D eigenvalue weighted by atomic mass is 10.2. The molecule has 0 fully saturated rings. The Labute approximate surface area is 116 Å². The molecule has 16 heavy (non-hydrogen) atoms. The SMILES string of the molecule is O=C(NCCCCI)c1cccc(Br)c1F. The molecule has 1 amide bonds. The summed E-state index contributed by atoms with van der Waals surface area (Å²) in [4.78, 5) is 11.6. The van der Waals surface area contributed by atoms with Gasteiger partial charge in [0.15, 0.2) is 0 Å². The number of alkyl halides is 1. The van der Waals surface area contributed by atoms with Crippen LogP contribution in [0.2, 0.25) is 0 Å². The summed E-state index contributed by atoms with van der Waals surface area (Å²) in [5.74, 6) is -0.860. The van der Waals surface area contributed by atoms with Crippen LogP contribution in [0.4, 0.5) is 4.39 Å². The lowest BCUT2D eigenvalue weighted by Crippen LogP contribution is -2.25. The van der Waals surface area contributed by atoms with Crippen LogP contribution < -0.4 is 5.32 Å². The number of benzene rings is 1.